The lowest BCUT2D eigenvalue weighted by Gasteiger charge is -2.09. The Kier molecular flexibility index (Phi) is 4.61. The number of hydrogen-bond acceptors (Lipinski definition) is 3. The van der Waals surface area contributed by atoms with Crippen molar-refractivity contribution in [2.24, 2.45) is 0 Å². The molecule has 4 nitrogen and oxygen atoms in total. The minimum absolute atomic E-state index is 0.0181. The highest BCUT2D eigenvalue weighted by Crippen LogP contribution is 2.21. The first-order valence-electron chi connectivity index (χ1n) is 6.02. The van der Waals surface area contributed by atoms with E-state index in [0.29, 0.717) is 12.0 Å². The van der Waals surface area contributed by atoms with E-state index in [1.165, 1.54) is 36.4 Å². The van der Waals surface area contributed by atoms with Gasteiger partial charge in [0.1, 0.15) is 5.82 Å². The quantitative estimate of drug-likeness (QED) is 0.862. The van der Waals surface area contributed by atoms with E-state index in [9.17, 15) is 18.4 Å². The second-order valence-electron chi connectivity index (χ2n) is 4.12. The molecular formula is C15H11F2NO3. The molecule has 0 saturated heterocycles. The average Bonchev–Trinajstić information content (AvgIpc) is 2.48. The van der Waals surface area contributed by atoms with Crippen molar-refractivity contribution in [2.75, 3.05) is 11.9 Å². The maximum atomic E-state index is 13.5. The standard InChI is InChI=1S/C15H11F2NO3/c16-11-4-6-12(7-5-11)18-14(20)9-21-15-10(8-19)2-1-3-13(15)17/h1-8H,9H2,(H,18,20). The molecule has 0 heterocycles. The highest BCUT2D eigenvalue weighted by atomic mass is 19.1. The normalized spacial score (nSPS) is 10.0. The van der Waals surface area contributed by atoms with Crippen LogP contribution in [-0.2, 0) is 4.79 Å². The monoisotopic (exact) mass is 291 g/mol. The molecule has 0 unspecified atom stereocenters. The second-order valence-corrected chi connectivity index (χ2v) is 4.12. The number of aldehydes is 1. The van der Waals surface area contributed by atoms with Gasteiger partial charge in [0.15, 0.2) is 24.5 Å². The lowest BCUT2D eigenvalue weighted by atomic mass is 10.2. The highest BCUT2D eigenvalue weighted by Gasteiger charge is 2.11. The molecule has 108 valence electrons. The predicted octanol–water partition coefficient (Wildman–Crippen LogP) is 2.79. The van der Waals surface area contributed by atoms with Crippen molar-refractivity contribution in [1.29, 1.82) is 0 Å². The summed E-state index contributed by atoms with van der Waals surface area (Å²) in [4.78, 5) is 22.4. The topological polar surface area (TPSA) is 55.4 Å². The Balaban J connectivity index is 1.98. The first-order valence-corrected chi connectivity index (χ1v) is 6.02. The zero-order valence-corrected chi connectivity index (χ0v) is 10.8. The van der Waals surface area contributed by atoms with E-state index in [4.69, 9.17) is 4.74 Å². The molecule has 21 heavy (non-hydrogen) atoms. The van der Waals surface area contributed by atoms with Gasteiger partial charge in [0, 0.05) is 5.69 Å². The van der Waals surface area contributed by atoms with Crippen molar-refractivity contribution in [2.45, 2.75) is 0 Å². The first kappa shape index (κ1) is 14.6. The van der Waals surface area contributed by atoms with Crippen LogP contribution in [0.3, 0.4) is 0 Å². The SMILES string of the molecule is O=Cc1cccc(F)c1OCC(=O)Nc1ccc(F)cc1. The Morgan fingerprint density at radius 2 is 1.86 bits per heavy atom. The van der Waals surface area contributed by atoms with E-state index < -0.39 is 24.1 Å². The van der Waals surface area contributed by atoms with Crippen LogP contribution >= 0.6 is 0 Å². The van der Waals surface area contributed by atoms with E-state index in [1.54, 1.807) is 0 Å². The van der Waals surface area contributed by atoms with Crippen LogP contribution in [0.2, 0.25) is 0 Å². The summed E-state index contributed by atoms with van der Waals surface area (Å²) in [7, 11) is 0. The summed E-state index contributed by atoms with van der Waals surface area (Å²) in [6, 6.07) is 9.02. The van der Waals surface area contributed by atoms with Gasteiger partial charge in [-0.3, -0.25) is 9.59 Å². The highest BCUT2D eigenvalue weighted by molar-refractivity contribution is 5.92. The zero-order valence-electron chi connectivity index (χ0n) is 10.8. The molecule has 0 atom stereocenters. The Hall–Kier alpha value is -2.76. The van der Waals surface area contributed by atoms with Crippen LogP contribution in [-0.4, -0.2) is 18.8 Å². The molecule has 1 amide bonds. The Bertz CT molecular complexity index is 656. The maximum Gasteiger partial charge on any atom is 0.262 e. The van der Waals surface area contributed by atoms with Gasteiger partial charge in [0.25, 0.3) is 5.91 Å². The van der Waals surface area contributed by atoms with Crippen LogP contribution < -0.4 is 10.1 Å². The largest absolute Gasteiger partial charge is 0.480 e. The molecule has 0 radical (unpaired) electrons. The maximum absolute atomic E-state index is 13.5. The first-order chi connectivity index (χ1) is 10.1. The van der Waals surface area contributed by atoms with Crippen LogP contribution in [0.25, 0.3) is 0 Å². The fraction of sp³-hybridized carbons (Fsp3) is 0.0667. The van der Waals surface area contributed by atoms with Gasteiger partial charge >= 0.3 is 0 Å². The molecule has 0 aromatic heterocycles. The number of hydrogen-bond donors (Lipinski definition) is 1. The van der Waals surface area contributed by atoms with Crippen LogP contribution in [0.4, 0.5) is 14.5 Å². The molecule has 0 aliphatic heterocycles. The number of anilines is 1. The van der Waals surface area contributed by atoms with Crippen molar-refractivity contribution in [3.8, 4) is 5.75 Å². The predicted molar refractivity (Wildman–Crippen MR) is 72.3 cm³/mol. The van der Waals surface area contributed by atoms with Crippen LogP contribution in [0, 0.1) is 11.6 Å². The van der Waals surface area contributed by atoms with Gasteiger partial charge in [-0.15, -0.1) is 0 Å². The third-order valence-electron chi connectivity index (χ3n) is 2.60. The number of benzene rings is 2. The summed E-state index contributed by atoms with van der Waals surface area (Å²) in [5.41, 5.74) is 0.402. The molecule has 2 aromatic carbocycles. The van der Waals surface area contributed by atoms with E-state index >= 15 is 0 Å². The summed E-state index contributed by atoms with van der Waals surface area (Å²) in [6.07, 6.45) is 0.441. The van der Waals surface area contributed by atoms with Crippen molar-refractivity contribution in [1.82, 2.24) is 0 Å². The summed E-state index contributed by atoms with van der Waals surface area (Å²) >= 11 is 0. The molecular weight excluding hydrogens is 280 g/mol. The Morgan fingerprint density at radius 1 is 1.14 bits per heavy atom. The summed E-state index contributed by atoms with van der Waals surface area (Å²) in [6.45, 7) is -0.473. The molecule has 6 heteroatoms. The number of amides is 1. The lowest BCUT2D eigenvalue weighted by molar-refractivity contribution is -0.118. The third kappa shape index (κ3) is 3.85. The fourth-order valence-electron chi connectivity index (χ4n) is 1.64. The molecule has 0 spiro atoms. The Labute approximate surface area is 119 Å². The molecule has 2 rings (SSSR count). The molecule has 0 saturated carbocycles. The van der Waals surface area contributed by atoms with E-state index in [0.717, 1.165) is 6.07 Å². The van der Waals surface area contributed by atoms with Crippen molar-refractivity contribution in [3.05, 3.63) is 59.7 Å². The van der Waals surface area contributed by atoms with Gasteiger partial charge in [-0.1, -0.05) is 6.07 Å². The number of ether oxygens (including phenoxy) is 1. The van der Waals surface area contributed by atoms with Gasteiger partial charge in [0.2, 0.25) is 0 Å². The van der Waals surface area contributed by atoms with Gasteiger partial charge in [-0.05, 0) is 36.4 Å². The summed E-state index contributed by atoms with van der Waals surface area (Å²) in [5, 5.41) is 2.45. The van der Waals surface area contributed by atoms with Crippen molar-refractivity contribution < 1.29 is 23.1 Å². The molecule has 1 N–H and O–H groups in total. The smallest absolute Gasteiger partial charge is 0.262 e. The van der Waals surface area contributed by atoms with E-state index in [2.05, 4.69) is 5.32 Å². The number of carbonyl (C=O) groups excluding carboxylic acids is 2. The molecule has 0 aliphatic rings. The number of nitrogens with one attached hydrogen (secondary N) is 1. The Morgan fingerprint density at radius 3 is 2.52 bits per heavy atom. The molecule has 0 fully saturated rings. The average molecular weight is 291 g/mol. The fourth-order valence-corrected chi connectivity index (χ4v) is 1.64. The van der Waals surface area contributed by atoms with Gasteiger partial charge in [-0.25, -0.2) is 8.78 Å². The minimum atomic E-state index is -0.728. The van der Waals surface area contributed by atoms with Gasteiger partial charge in [0.05, 0.1) is 5.56 Å². The second kappa shape index (κ2) is 6.60. The van der Waals surface area contributed by atoms with Crippen LogP contribution in [0.15, 0.2) is 42.5 Å². The van der Waals surface area contributed by atoms with Crippen molar-refractivity contribution in [3.63, 3.8) is 0 Å². The van der Waals surface area contributed by atoms with E-state index in [1.807, 2.05) is 0 Å². The molecule has 0 bridgehead atoms. The summed E-state index contributed by atoms with van der Waals surface area (Å²) < 4.78 is 31.2. The zero-order chi connectivity index (χ0) is 15.2. The number of halogens is 2. The number of carbonyl (C=O) groups is 2. The van der Waals surface area contributed by atoms with Gasteiger partial charge in [-0.2, -0.15) is 0 Å². The third-order valence-corrected chi connectivity index (χ3v) is 2.60. The van der Waals surface area contributed by atoms with E-state index in [-0.39, 0.29) is 11.3 Å². The van der Waals surface area contributed by atoms with Crippen LogP contribution in [0.1, 0.15) is 10.4 Å². The number of para-hydroxylation sites is 1. The van der Waals surface area contributed by atoms with Crippen molar-refractivity contribution >= 4 is 17.9 Å². The molecule has 2 aromatic rings. The minimum Gasteiger partial charge on any atom is -0.480 e. The summed E-state index contributed by atoms with van der Waals surface area (Å²) in [5.74, 6) is -1.98. The van der Waals surface area contributed by atoms with Crippen LogP contribution in [0.5, 0.6) is 5.75 Å². The van der Waals surface area contributed by atoms with Gasteiger partial charge < -0.3 is 10.1 Å². The lowest BCUT2D eigenvalue weighted by Crippen LogP contribution is -2.20. The molecule has 0 aliphatic carbocycles. The number of rotatable bonds is 5.